The van der Waals surface area contributed by atoms with Crippen LogP contribution in [-0.2, 0) is 9.59 Å². The highest BCUT2D eigenvalue weighted by molar-refractivity contribution is 9.11. The molecule has 17 heavy (non-hydrogen) atoms. The van der Waals surface area contributed by atoms with Gasteiger partial charge in [0.2, 0.25) is 5.91 Å². The summed E-state index contributed by atoms with van der Waals surface area (Å²) in [6.07, 6.45) is 0. The number of rotatable bonds is 5. The number of aliphatic carboxylic acids is 1. The first-order valence-electron chi connectivity index (χ1n) is 4.54. The van der Waals surface area contributed by atoms with E-state index in [2.05, 4.69) is 37.2 Å². The lowest BCUT2D eigenvalue weighted by Crippen LogP contribution is -2.16. The molecule has 0 unspecified atom stereocenters. The van der Waals surface area contributed by atoms with Gasteiger partial charge in [-0.05, 0) is 44.0 Å². The van der Waals surface area contributed by atoms with Crippen LogP contribution in [-0.4, -0.2) is 28.5 Å². The van der Waals surface area contributed by atoms with Crippen LogP contribution in [0.3, 0.4) is 0 Å². The van der Waals surface area contributed by atoms with Crippen molar-refractivity contribution >= 4 is 61.2 Å². The van der Waals surface area contributed by atoms with Crippen molar-refractivity contribution in [1.29, 1.82) is 0 Å². The highest BCUT2D eigenvalue weighted by Crippen LogP contribution is 2.30. The Morgan fingerprint density at radius 1 is 1.24 bits per heavy atom. The summed E-state index contributed by atoms with van der Waals surface area (Å²) in [4.78, 5) is 21.8. The summed E-state index contributed by atoms with van der Waals surface area (Å²) in [5.74, 6) is -1.13. The van der Waals surface area contributed by atoms with Crippen LogP contribution in [0.25, 0.3) is 0 Å². The summed E-state index contributed by atoms with van der Waals surface area (Å²) in [5.41, 5.74) is 0.647. The molecule has 0 aromatic heterocycles. The van der Waals surface area contributed by atoms with E-state index < -0.39 is 5.97 Å². The lowest BCUT2D eigenvalue weighted by atomic mass is 10.3. The minimum atomic E-state index is -0.926. The Labute approximate surface area is 119 Å². The number of amides is 1. The second-order valence-corrected chi connectivity index (χ2v) is 5.73. The van der Waals surface area contributed by atoms with Crippen molar-refractivity contribution in [2.75, 3.05) is 16.8 Å². The Kier molecular flexibility index (Phi) is 6.01. The summed E-state index contributed by atoms with van der Waals surface area (Å²) in [5, 5.41) is 11.1. The molecule has 0 atom stereocenters. The van der Waals surface area contributed by atoms with Crippen LogP contribution in [0.15, 0.2) is 27.1 Å². The molecule has 0 radical (unpaired) electrons. The zero-order valence-electron chi connectivity index (χ0n) is 8.57. The number of benzene rings is 1. The Morgan fingerprint density at radius 3 is 2.35 bits per heavy atom. The second kappa shape index (κ2) is 7.03. The first kappa shape index (κ1) is 14.5. The molecule has 2 N–H and O–H groups in total. The Bertz CT molecular complexity index is 419. The van der Waals surface area contributed by atoms with Crippen LogP contribution in [0.4, 0.5) is 5.69 Å². The maximum atomic E-state index is 11.5. The SMILES string of the molecule is O=C(O)CSCC(=O)Nc1c(Br)cccc1Br. The lowest BCUT2D eigenvalue weighted by Gasteiger charge is -2.08. The van der Waals surface area contributed by atoms with Crippen molar-refractivity contribution in [3.63, 3.8) is 0 Å². The standard InChI is InChI=1S/C10H9Br2NO3S/c11-6-2-1-3-7(12)10(6)13-8(14)4-17-5-9(15)16/h1-3H,4-5H2,(H,13,14)(H,15,16). The van der Waals surface area contributed by atoms with E-state index in [-0.39, 0.29) is 17.4 Å². The zero-order chi connectivity index (χ0) is 12.8. The largest absolute Gasteiger partial charge is 0.481 e. The maximum Gasteiger partial charge on any atom is 0.313 e. The van der Waals surface area contributed by atoms with Gasteiger partial charge in [0.05, 0.1) is 17.2 Å². The molecule has 1 aromatic rings. The fourth-order valence-corrected chi connectivity index (χ4v) is 2.75. The highest BCUT2D eigenvalue weighted by atomic mass is 79.9. The maximum absolute atomic E-state index is 11.5. The molecule has 0 heterocycles. The normalized spacial score (nSPS) is 10.0. The molecule has 92 valence electrons. The molecule has 1 aromatic carbocycles. The molecule has 1 amide bonds. The van der Waals surface area contributed by atoms with Gasteiger partial charge < -0.3 is 10.4 Å². The third-order valence-electron chi connectivity index (χ3n) is 1.69. The van der Waals surface area contributed by atoms with E-state index in [0.29, 0.717) is 5.69 Å². The van der Waals surface area contributed by atoms with Crippen LogP contribution >= 0.6 is 43.6 Å². The average molecular weight is 383 g/mol. The van der Waals surface area contributed by atoms with Gasteiger partial charge in [-0.15, -0.1) is 11.8 Å². The topological polar surface area (TPSA) is 66.4 Å². The highest BCUT2D eigenvalue weighted by Gasteiger charge is 2.09. The number of hydrogen-bond donors (Lipinski definition) is 2. The van der Waals surface area contributed by atoms with Crippen LogP contribution in [0.1, 0.15) is 0 Å². The third-order valence-corrected chi connectivity index (χ3v) is 3.92. The van der Waals surface area contributed by atoms with Gasteiger partial charge in [0, 0.05) is 8.95 Å². The Morgan fingerprint density at radius 2 is 1.82 bits per heavy atom. The number of carbonyl (C=O) groups is 2. The number of thioether (sulfide) groups is 1. The van der Waals surface area contributed by atoms with Crippen molar-refractivity contribution in [2.45, 2.75) is 0 Å². The molecular formula is C10H9Br2NO3S. The fourth-order valence-electron chi connectivity index (χ4n) is 1.02. The molecule has 4 nitrogen and oxygen atoms in total. The minimum Gasteiger partial charge on any atom is -0.481 e. The molecule has 7 heteroatoms. The molecular weight excluding hydrogens is 374 g/mol. The first-order valence-corrected chi connectivity index (χ1v) is 7.28. The summed E-state index contributed by atoms with van der Waals surface area (Å²) in [7, 11) is 0. The minimum absolute atomic E-state index is 0.0788. The van der Waals surface area contributed by atoms with Crippen molar-refractivity contribution in [2.24, 2.45) is 0 Å². The zero-order valence-corrected chi connectivity index (χ0v) is 12.6. The molecule has 0 aliphatic rings. The van der Waals surface area contributed by atoms with Gasteiger partial charge in [0.1, 0.15) is 0 Å². The van der Waals surface area contributed by atoms with E-state index in [1.807, 2.05) is 18.2 Å². The first-order chi connectivity index (χ1) is 8.00. The summed E-state index contributed by atoms with van der Waals surface area (Å²) in [6, 6.07) is 5.46. The van der Waals surface area contributed by atoms with Crippen LogP contribution in [0.2, 0.25) is 0 Å². The number of halogens is 2. The van der Waals surface area contributed by atoms with Crippen LogP contribution in [0, 0.1) is 0 Å². The quantitative estimate of drug-likeness (QED) is 0.821. The number of nitrogens with one attached hydrogen (secondary N) is 1. The van der Waals surface area contributed by atoms with Gasteiger partial charge in [-0.1, -0.05) is 6.07 Å². The second-order valence-electron chi connectivity index (χ2n) is 3.03. The number of para-hydroxylation sites is 1. The van der Waals surface area contributed by atoms with Crippen molar-refractivity contribution in [1.82, 2.24) is 0 Å². The van der Waals surface area contributed by atoms with Crippen LogP contribution < -0.4 is 5.32 Å². The Hall–Kier alpha value is -0.530. The van der Waals surface area contributed by atoms with E-state index in [1.165, 1.54) is 0 Å². The average Bonchev–Trinajstić information content (AvgIpc) is 2.23. The third kappa shape index (κ3) is 5.10. The van der Waals surface area contributed by atoms with Crippen LogP contribution in [0.5, 0.6) is 0 Å². The number of anilines is 1. The molecule has 1 rings (SSSR count). The summed E-state index contributed by atoms with van der Waals surface area (Å²) in [6.45, 7) is 0. The molecule has 0 bridgehead atoms. The van der Waals surface area contributed by atoms with Gasteiger partial charge in [0.25, 0.3) is 0 Å². The summed E-state index contributed by atoms with van der Waals surface area (Å²) >= 11 is 7.70. The number of carboxylic acid groups (broad SMARTS) is 1. The smallest absolute Gasteiger partial charge is 0.313 e. The van der Waals surface area contributed by atoms with E-state index in [0.717, 1.165) is 20.7 Å². The number of carbonyl (C=O) groups excluding carboxylic acids is 1. The summed E-state index contributed by atoms with van der Waals surface area (Å²) < 4.78 is 1.53. The van der Waals surface area contributed by atoms with Crippen molar-refractivity contribution in [3.8, 4) is 0 Å². The predicted octanol–water partition coefficient (Wildman–Crippen LogP) is 2.97. The molecule has 0 saturated carbocycles. The van der Waals surface area contributed by atoms with Gasteiger partial charge in [-0.3, -0.25) is 9.59 Å². The lowest BCUT2D eigenvalue weighted by molar-refractivity contribution is -0.133. The fraction of sp³-hybridized carbons (Fsp3) is 0.200. The van der Waals surface area contributed by atoms with Crippen molar-refractivity contribution < 1.29 is 14.7 Å². The molecule has 0 saturated heterocycles. The molecule has 0 fully saturated rings. The van der Waals surface area contributed by atoms with E-state index >= 15 is 0 Å². The Balaban J connectivity index is 2.53. The van der Waals surface area contributed by atoms with Gasteiger partial charge in [0.15, 0.2) is 0 Å². The molecule has 0 aliphatic carbocycles. The predicted molar refractivity (Wildman–Crippen MR) is 75.4 cm³/mol. The monoisotopic (exact) mass is 381 g/mol. The van der Waals surface area contributed by atoms with E-state index in [9.17, 15) is 9.59 Å². The van der Waals surface area contributed by atoms with Gasteiger partial charge >= 0.3 is 5.97 Å². The van der Waals surface area contributed by atoms with Gasteiger partial charge in [-0.25, -0.2) is 0 Å². The molecule has 0 aliphatic heterocycles. The van der Waals surface area contributed by atoms with E-state index in [1.54, 1.807) is 0 Å². The number of hydrogen-bond acceptors (Lipinski definition) is 3. The molecule has 0 spiro atoms. The number of carboxylic acids is 1. The van der Waals surface area contributed by atoms with Gasteiger partial charge in [-0.2, -0.15) is 0 Å². The van der Waals surface area contributed by atoms with Crippen molar-refractivity contribution in [3.05, 3.63) is 27.1 Å². The van der Waals surface area contributed by atoms with E-state index in [4.69, 9.17) is 5.11 Å².